The molecule has 0 aromatic carbocycles. The van der Waals surface area contributed by atoms with Crippen LogP contribution in [-0.4, -0.2) is 50.4 Å². The molecule has 0 fully saturated rings. The summed E-state index contributed by atoms with van der Waals surface area (Å²) in [6.45, 7) is 6.25. The minimum atomic E-state index is -0.375. The van der Waals surface area contributed by atoms with Crippen LogP contribution in [0.4, 0.5) is 10.7 Å². The molecule has 120 valence electrons. The van der Waals surface area contributed by atoms with Gasteiger partial charge in [0.05, 0.1) is 17.7 Å². The van der Waals surface area contributed by atoms with Gasteiger partial charge in [-0.05, 0) is 40.1 Å². The summed E-state index contributed by atoms with van der Waals surface area (Å²) in [5.41, 5.74) is 6.54. The summed E-state index contributed by atoms with van der Waals surface area (Å²) < 4.78 is 4.76. The fourth-order valence-electron chi connectivity index (χ4n) is 1.78. The van der Waals surface area contributed by atoms with Gasteiger partial charge in [-0.3, -0.25) is 0 Å². The van der Waals surface area contributed by atoms with Gasteiger partial charge in [0.1, 0.15) is 9.88 Å². The third kappa shape index (κ3) is 4.79. The van der Waals surface area contributed by atoms with Crippen molar-refractivity contribution in [2.45, 2.75) is 31.2 Å². The lowest BCUT2D eigenvalue weighted by molar-refractivity contribution is 0.0607. The highest BCUT2D eigenvalue weighted by molar-refractivity contribution is 7.99. The number of anilines is 2. The highest BCUT2D eigenvalue weighted by atomic mass is 32.2. The van der Waals surface area contributed by atoms with Gasteiger partial charge in [-0.2, -0.15) is 0 Å². The molecule has 1 aromatic heterocycles. The van der Waals surface area contributed by atoms with Gasteiger partial charge in [-0.15, -0.1) is 23.1 Å². The van der Waals surface area contributed by atoms with E-state index in [1.54, 1.807) is 11.8 Å². The first-order chi connectivity index (χ1) is 9.92. The van der Waals surface area contributed by atoms with E-state index in [0.29, 0.717) is 16.6 Å². The number of nitrogens with two attached hydrogens (primary N) is 1. The minimum Gasteiger partial charge on any atom is -0.465 e. The fourth-order valence-corrected chi connectivity index (χ4v) is 3.76. The van der Waals surface area contributed by atoms with Crippen molar-refractivity contribution in [1.29, 1.82) is 0 Å². The maximum atomic E-state index is 11.7. The Balaban J connectivity index is 2.64. The van der Waals surface area contributed by atoms with Gasteiger partial charge in [-0.1, -0.05) is 0 Å². The molecule has 0 aliphatic heterocycles. The number of rotatable bonds is 8. The summed E-state index contributed by atoms with van der Waals surface area (Å²) in [5.74, 6) is -0.375. The molecule has 0 atom stereocenters. The Morgan fingerprint density at radius 2 is 2.19 bits per heavy atom. The lowest BCUT2D eigenvalue weighted by Crippen LogP contribution is -2.28. The topological polar surface area (TPSA) is 67.6 Å². The number of carbonyl (C=O) groups is 1. The lowest BCUT2D eigenvalue weighted by atomic mass is 10.3. The van der Waals surface area contributed by atoms with Crippen LogP contribution in [0, 0.1) is 0 Å². The average Bonchev–Trinajstić information content (AvgIpc) is 2.78. The van der Waals surface area contributed by atoms with E-state index in [1.807, 2.05) is 6.26 Å². The third-order valence-electron chi connectivity index (χ3n) is 3.33. The number of esters is 1. The van der Waals surface area contributed by atoms with Crippen molar-refractivity contribution in [2.75, 3.05) is 44.6 Å². The molecule has 0 amide bonds. The van der Waals surface area contributed by atoms with Crippen LogP contribution < -0.4 is 11.1 Å². The molecule has 0 aliphatic rings. The molecule has 0 radical (unpaired) electrons. The van der Waals surface area contributed by atoms with E-state index < -0.39 is 0 Å². The second-order valence-corrected chi connectivity index (χ2v) is 6.89. The van der Waals surface area contributed by atoms with Crippen LogP contribution in [0.3, 0.4) is 0 Å². The number of nitrogens with zero attached hydrogens (tertiary/aromatic N) is 1. The SMILES string of the molecule is COC(=O)c1sc(NCCCN(C)C(C)C)c(SC)c1N. The summed E-state index contributed by atoms with van der Waals surface area (Å²) in [6.07, 6.45) is 2.99. The standard InChI is InChI=1S/C14H25N3O2S2/c1-9(2)17(3)8-6-7-16-13-11(20-5)10(15)12(21-13)14(18)19-4/h9,16H,6-8,15H2,1-5H3. The smallest absolute Gasteiger partial charge is 0.350 e. The van der Waals surface area contributed by atoms with Gasteiger partial charge in [-0.25, -0.2) is 4.79 Å². The zero-order chi connectivity index (χ0) is 16.0. The van der Waals surface area contributed by atoms with Crippen molar-refractivity contribution in [2.24, 2.45) is 0 Å². The molecular weight excluding hydrogens is 306 g/mol. The molecule has 5 nitrogen and oxygen atoms in total. The highest BCUT2D eigenvalue weighted by Gasteiger charge is 2.20. The number of hydrogen-bond donors (Lipinski definition) is 2. The van der Waals surface area contributed by atoms with Crippen molar-refractivity contribution < 1.29 is 9.53 Å². The van der Waals surface area contributed by atoms with E-state index in [1.165, 1.54) is 18.4 Å². The van der Waals surface area contributed by atoms with Crippen LogP contribution in [0.1, 0.15) is 29.9 Å². The maximum absolute atomic E-state index is 11.7. The molecule has 1 heterocycles. The van der Waals surface area contributed by atoms with Crippen molar-refractivity contribution in [3.63, 3.8) is 0 Å². The van der Waals surface area contributed by atoms with Gasteiger partial charge in [0, 0.05) is 12.6 Å². The molecule has 0 saturated heterocycles. The minimum absolute atomic E-state index is 0.375. The van der Waals surface area contributed by atoms with Crippen molar-refractivity contribution in [3.8, 4) is 0 Å². The number of carbonyl (C=O) groups excluding carboxylic acids is 1. The zero-order valence-corrected chi connectivity index (χ0v) is 15.0. The van der Waals surface area contributed by atoms with E-state index >= 15 is 0 Å². The molecule has 0 aliphatic carbocycles. The number of ether oxygens (including phenoxy) is 1. The molecule has 0 saturated carbocycles. The second kappa shape index (κ2) is 8.51. The molecule has 21 heavy (non-hydrogen) atoms. The molecular formula is C14H25N3O2S2. The Morgan fingerprint density at radius 1 is 1.52 bits per heavy atom. The number of nitrogen functional groups attached to an aromatic ring is 1. The van der Waals surface area contributed by atoms with Crippen LogP contribution >= 0.6 is 23.1 Å². The van der Waals surface area contributed by atoms with Gasteiger partial charge in [0.15, 0.2) is 0 Å². The van der Waals surface area contributed by atoms with E-state index in [4.69, 9.17) is 10.5 Å². The molecule has 1 rings (SSSR count). The molecule has 0 bridgehead atoms. The Hall–Kier alpha value is -0.920. The number of hydrogen-bond acceptors (Lipinski definition) is 7. The van der Waals surface area contributed by atoms with Gasteiger partial charge < -0.3 is 20.7 Å². The van der Waals surface area contributed by atoms with Crippen LogP contribution in [0.25, 0.3) is 0 Å². The maximum Gasteiger partial charge on any atom is 0.350 e. The molecule has 1 aromatic rings. The number of methoxy groups -OCH3 is 1. The first-order valence-corrected chi connectivity index (χ1v) is 8.95. The molecule has 0 unspecified atom stereocenters. The summed E-state index contributed by atoms with van der Waals surface area (Å²) in [6, 6.07) is 0.551. The molecule has 0 spiro atoms. The monoisotopic (exact) mass is 331 g/mol. The summed E-state index contributed by atoms with van der Waals surface area (Å²) in [5, 5.41) is 4.33. The molecule has 7 heteroatoms. The predicted molar refractivity (Wildman–Crippen MR) is 92.7 cm³/mol. The predicted octanol–water partition coefficient (Wildman–Crippen LogP) is 2.98. The van der Waals surface area contributed by atoms with Crippen molar-refractivity contribution in [1.82, 2.24) is 4.90 Å². The largest absolute Gasteiger partial charge is 0.465 e. The Kier molecular flexibility index (Phi) is 7.34. The Bertz CT molecular complexity index is 475. The van der Waals surface area contributed by atoms with E-state index in [9.17, 15) is 4.79 Å². The fraction of sp³-hybridized carbons (Fsp3) is 0.643. The van der Waals surface area contributed by atoms with E-state index in [0.717, 1.165) is 29.4 Å². The second-order valence-electron chi connectivity index (χ2n) is 5.05. The van der Waals surface area contributed by atoms with Gasteiger partial charge >= 0.3 is 5.97 Å². The van der Waals surface area contributed by atoms with Crippen molar-refractivity contribution in [3.05, 3.63) is 4.88 Å². The number of thioether (sulfide) groups is 1. The zero-order valence-electron chi connectivity index (χ0n) is 13.4. The third-order valence-corrected chi connectivity index (χ3v) is 5.43. The first kappa shape index (κ1) is 18.1. The van der Waals surface area contributed by atoms with Gasteiger partial charge in [0.2, 0.25) is 0 Å². The summed E-state index contributed by atoms with van der Waals surface area (Å²) >= 11 is 2.91. The normalized spacial score (nSPS) is 11.2. The molecule has 3 N–H and O–H groups in total. The van der Waals surface area contributed by atoms with Crippen LogP contribution in [0.15, 0.2) is 4.90 Å². The Labute approximate surface area is 135 Å². The average molecular weight is 332 g/mol. The summed E-state index contributed by atoms with van der Waals surface area (Å²) in [4.78, 5) is 15.4. The van der Waals surface area contributed by atoms with Crippen LogP contribution in [0.2, 0.25) is 0 Å². The van der Waals surface area contributed by atoms with Crippen LogP contribution in [0.5, 0.6) is 0 Å². The van der Waals surface area contributed by atoms with E-state index in [2.05, 4.69) is 31.1 Å². The number of nitrogens with one attached hydrogen (secondary N) is 1. The van der Waals surface area contributed by atoms with E-state index in [-0.39, 0.29) is 5.97 Å². The van der Waals surface area contributed by atoms with Crippen molar-refractivity contribution >= 4 is 39.8 Å². The van der Waals surface area contributed by atoms with Gasteiger partial charge in [0.25, 0.3) is 0 Å². The first-order valence-electron chi connectivity index (χ1n) is 6.91. The summed E-state index contributed by atoms with van der Waals surface area (Å²) in [7, 11) is 3.49. The lowest BCUT2D eigenvalue weighted by Gasteiger charge is -2.20. The quantitative estimate of drug-likeness (QED) is 0.434. The highest BCUT2D eigenvalue weighted by Crippen LogP contribution is 2.41. The number of thiophene rings is 1. The van der Waals surface area contributed by atoms with Crippen LogP contribution in [-0.2, 0) is 4.74 Å². The Morgan fingerprint density at radius 3 is 2.71 bits per heavy atom.